The average Bonchev–Trinajstić information content (AvgIpc) is 3.19. The van der Waals surface area contributed by atoms with Gasteiger partial charge in [0, 0.05) is 45.5 Å². The number of piperidine rings is 1. The monoisotopic (exact) mass is 372 g/mol. The molecule has 0 saturated carbocycles. The van der Waals surface area contributed by atoms with Gasteiger partial charge < -0.3 is 19.9 Å². The second kappa shape index (κ2) is 9.62. The summed E-state index contributed by atoms with van der Waals surface area (Å²) < 4.78 is 5.16. The Kier molecular flexibility index (Phi) is 6.96. The molecule has 27 heavy (non-hydrogen) atoms. The molecule has 2 aliphatic heterocycles. The van der Waals surface area contributed by atoms with Gasteiger partial charge in [-0.2, -0.15) is 0 Å². The highest BCUT2D eigenvalue weighted by molar-refractivity contribution is 5.80. The number of carbonyl (C=O) groups is 1. The van der Waals surface area contributed by atoms with Crippen molar-refractivity contribution in [3.8, 4) is 0 Å². The molecule has 0 radical (unpaired) electrons. The highest BCUT2D eigenvalue weighted by atomic mass is 16.5. The molecule has 3 rings (SSSR count). The smallest absolute Gasteiger partial charge is 0.309 e. The van der Waals surface area contributed by atoms with Crippen molar-refractivity contribution in [3.63, 3.8) is 0 Å². The van der Waals surface area contributed by atoms with Crippen molar-refractivity contribution in [3.05, 3.63) is 30.3 Å². The van der Waals surface area contributed by atoms with E-state index in [0.29, 0.717) is 12.5 Å². The zero-order chi connectivity index (χ0) is 19.1. The minimum Gasteiger partial charge on any atom is -0.466 e. The van der Waals surface area contributed by atoms with Gasteiger partial charge in [-0.3, -0.25) is 9.79 Å². The molecule has 0 spiro atoms. The highest BCUT2D eigenvalue weighted by Gasteiger charge is 2.28. The lowest BCUT2D eigenvalue weighted by Crippen LogP contribution is -2.47. The molecule has 1 aromatic carbocycles. The zero-order valence-corrected chi connectivity index (χ0v) is 16.6. The third-order valence-electron chi connectivity index (χ3n) is 5.58. The SMILES string of the molecule is CCOC(=O)C1CCN(C(=NC)NCC2CCN(c3ccccc3)C2)CC1. The zero-order valence-electron chi connectivity index (χ0n) is 16.6. The number of esters is 1. The Balaban J connectivity index is 1.43. The van der Waals surface area contributed by atoms with Gasteiger partial charge in [0.15, 0.2) is 5.96 Å². The fourth-order valence-electron chi connectivity index (χ4n) is 4.03. The summed E-state index contributed by atoms with van der Waals surface area (Å²) in [6.45, 7) is 7.16. The van der Waals surface area contributed by atoms with Gasteiger partial charge in [-0.05, 0) is 44.2 Å². The fraction of sp³-hybridized carbons (Fsp3) is 0.619. The predicted molar refractivity (Wildman–Crippen MR) is 109 cm³/mol. The van der Waals surface area contributed by atoms with Gasteiger partial charge in [0.05, 0.1) is 12.5 Å². The third-order valence-corrected chi connectivity index (χ3v) is 5.58. The van der Waals surface area contributed by atoms with Crippen LogP contribution in [-0.4, -0.2) is 63.2 Å². The quantitative estimate of drug-likeness (QED) is 0.489. The Morgan fingerprint density at radius 2 is 1.93 bits per heavy atom. The number of guanidine groups is 1. The number of nitrogens with zero attached hydrogens (tertiary/aromatic N) is 3. The lowest BCUT2D eigenvalue weighted by Gasteiger charge is -2.33. The number of anilines is 1. The summed E-state index contributed by atoms with van der Waals surface area (Å²) in [5, 5.41) is 3.56. The third kappa shape index (κ3) is 5.15. The Morgan fingerprint density at radius 1 is 1.19 bits per heavy atom. The molecule has 1 aromatic rings. The van der Waals surface area contributed by atoms with Crippen LogP contribution in [0.25, 0.3) is 0 Å². The topological polar surface area (TPSA) is 57.2 Å². The van der Waals surface area contributed by atoms with Crippen LogP contribution in [0.5, 0.6) is 0 Å². The van der Waals surface area contributed by atoms with Crippen LogP contribution in [0, 0.1) is 11.8 Å². The number of aliphatic imine (C=N–C) groups is 1. The second-order valence-corrected chi connectivity index (χ2v) is 7.38. The van der Waals surface area contributed by atoms with E-state index in [2.05, 4.69) is 50.4 Å². The van der Waals surface area contributed by atoms with E-state index in [1.54, 1.807) is 0 Å². The molecular formula is C21H32N4O2. The van der Waals surface area contributed by atoms with Gasteiger partial charge in [0.25, 0.3) is 0 Å². The Morgan fingerprint density at radius 3 is 2.59 bits per heavy atom. The molecule has 6 heteroatoms. The number of carbonyl (C=O) groups excluding carboxylic acids is 1. The maximum Gasteiger partial charge on any atom is 0.309 e. The van der Waals surface area contributed by atoms with E-state index in [1.807, 2.05) is 14.0 Å². The summed E-state index contributed by atoms with van der Waals surface area (Å²) in [4.78, 5) is 21.1. The predicted octanol–water partition coefficient (Wildman–Crippen LogP) is 2.36. The summed E-state index contributed by atoms with van der Waals surface area (Å²) in [6.07, 6.45) is 2.87. The number of hydrogen-bond acceptors (Lipinski definition) is 4. The van der Waals surface area contributed by atoms with Crippen LogP contribution in [0.4, 0.5) is 5.69 Å². The maximum atomic E-state index is 11.9. The van der Waals surface area contributed by atoms with Crippen LogP contribution in [-0.2, 0) is 9.53 Å². The van der Waals surface area contributed by atoms with Crippen LogP contribution < -0.4 is 10.2 Å². The molecule has 1 N–H and O–H groups in total. The average molecular weight is 373 g/mol. The summed E-state index contributed by atoms with van der Waals surface area (Å²) in [5.74, 6) is 1.56. The molecule has 2 heterocycles. The van der Waals surface area contributed by atoms with Crippen molar-refractivity contribution in [1.82, 2.24) is 10.2 Å². The van der Waals surface area contributed by atoms with Crippen LogP contribution in [0.15, 0.2) is 35.3 Å². The largest absolute Gasteiger partial charge is 0.466 e. The maximum absolute atomic E-state index is 11.9. The fourth-order valence-corrected chi connectivity index (χ4v) is 4.03. The van der Waals surface area contributed by atoms with Crippen LogP contribution in [0.3, 0.4) is 0 Å². The van der Waals surface area contributed by atoms with E-state index in [0.717, 1.165) is 51.5 Å². The van der Waals surface area contributed by atoms with Crippen LogP contribution in [0.2, 0.25) is 0 Å². The molecule has 1 atom stereocenters. The van der Waals surface area contributed by atoms with Gasteiger partial charge in [0.1, 0.15) is 0 Å². The van der Waals surface area contributed by atoms with E-state index in [1.165, 1.54) is 12.1 Å². The molecule has 0 aromatic heterocycles. The van der Waals surface area contributed by atoms with E-state index < -0.39 is 0 Å². The van der Waals surface area contributed by atoms with Gasteiger partial charge in [-0.1, -0.05) is 18.2 Å². The molecule has 1 unspecified atom stereocenters. The summed E-state index contributed by atoms with van der Waals surface area (Å²) in [6, 6.07) is 10.6. The Labute approximate surface area is 162 Å². The number of para-hydroxylation sites is 1. The Hall–Kier alpha value is -2.24. The standard InChI is InChI=1S/C21H32N4O2/c1-3-27-20(26)18-10-13-24(14-11-18)21(22-2)23-15-17-9-12-25(16-17)19-7-5-4-6-8-19/h4-8,17-18H,3,9-16H2,1-2H3,(H,22,23). The number of hydrogen-bond donors (Lipinski definition) is 1. The molecule has 2 aliphatic rings. The van der Waals surface area contributed by atoms with Gasteiger partial charge in [-0.25, -0.2) is 0 Å². The number of likely N-dealkylation sites (tertiary alicyclic amines) is 1. The normalized spacial score (nSPS) is 21.4. The lowest BCUT2D eigenvalue weighted by molar-refractivity contribution is -0.149. The van der Waals surface area contributed by atoms with Gasteiger partial charge >= 0.3 is 5.97 Å². The summed E-state index contributed by atoms with van der Waals surface area (Å²) in [7, 11) is 1.84. The summed E-state index contributed by atoms with van der Waals surface area (Å²) in [5.41, 5.74) is 1.31. The van der Waals surface area contributed by atoms with E-state index in [9.17, 15) is 4.79 Å². The van der Waals surface area contributed by atoms with Crippen molar-refractivity contribution in [2.75, 3.05) is 51.3 Å². The first-order valence-corrected chi connectivity index (χ1v) is 10.1. The summed E-state index contributed by atoms with van der Waals surface area (Å²) >= 11 is 0. The highest BCUT2D eigenvalue weighted by Crippen LogP contribution is 2.23. The number of nitrogens with one attached hydrogen (secondary N) is 1. The minimum absolute atomic E-state index is 0.0357. The molecule has 6 nitrogen and oxygen atoms in total. The first-order valence-electron chi connectivity index (χ1n) is 10.1. The molecule has 2 saturated heterocycles. The Bertz CT molecular complexity index is 626. The number of ether oxygens (including phenoxy) is 1. The van der Waals surface area contributed by atoms with Gasteiger partial charge in [-0.15, -0.1) is 0 Å². The molecule has 0 aliphatic carbocycles. The first-order chi connectivity index (χ1) is 13.2. The molecule has 0 amide bonds. The van der Waals surface area contributed by atoms with E-state index >= 15 is 0 Å². The van der Waals surface area contributed by atoms with Crippen LogP contribution in [0.1, 0.15) is 26.2 Å². The minimum atomic E-state index is -0.0490. The van der Waals surface area contributed by atoms with Gasteiger partial charge in [0.2, 0.25) is 0 Å². The van der Waals surface area contributed by atoms with E-state index in [4.69, 9.17) is 4.74 Å². The molecule has 2 fully saturated rings. The molecule has 0 bridgehead atoms. The number of benzene rings is 1. The lowest BCUT2D eigenvalue weighted by atomic mass is 9.97. The molecular weight excluding hydrogens is 340 g/mol. The first kappa shape index (κ1) is 19.5. The number of rotatable bonds is 5. The van der Waals surface area contributed by atoms with Crippen LogP contribution >= 0.6 is 0 Å². The van der Waals surface area contributed by atoms with E-state index in [-0.39, 0.29) is 11.9 Å². The van der Waals surface area contributed by atoms with Crippen molar-refractivity contribution in [1.29, 1.82) is 0 Å². The van der Waals surface area contributed by atoms with Crippen molar-refractivity contribution in [2.24, 2.45) is 16.8 Å². The molecule has 148 valence electrons. The second-order valence-electron chi connectivity index (χ2n) is 7.38. The van der Waals surface area contributed by atoms with Crippen molar-refractivity contribution in [2.45, 2.75) is 26.2 Å². The van der Waals surface area contributed by atoms with Crippen molar-refractivity contribution < 1.29 is 9.53 Å². The van der Waals surface area contributed by atoms with Crippen molar-refractivity contribution >= 4 is 17.6 Å².